The van der Waals surface area contributed by atoms with E-state index in [9.17, 15) is 9.59 Å². The van der Waals surface area contributed by atoms with Crippen molar-refractivity contribution in [1.29, 1.82) is 0 Å². The van der Waals surface area contributed by atoms with E-state index in [0.29, 0.717) is 17.7 Å². The van der Waals surface area contributed by atoms with Crippen LogP contribution in [0.5, 0.6) is 0 Å². The van der Waals surface area contributed by atoms with Crippen LogP contribution in [0, 0.1) is 5.92 Å². The first-order valence-corrected chi connectivity index (χ1v) is 8.72. The van der Waals surface area contributed by atoms with Gasteiger partial charge in [0.1, 0.15) is 5.82 Å². The number of anilines is 1. The Morgan fingerprint density at radius 1 is 1.25 bits per heavy atom. The van der Waals surface area contributed by atoms with Crippen LogP contribution in [0.15, 0.2) is 10.9 Å². The van der Waals surface area contributed by atoms with Gasteiger partial charge >= 0.3 is 0 Å². The summed E-state index contributed by atoms with van der Waals surface area (Å²) in [6, 6.07) is 1.92. The zero-order valence-electron chi connectivity index (χ0n) is 13.3. The topological polar surface area (TPSA) is 92.7 Å². The molecule has 2 aromatic heterocycles. The Kier molecular flexibility index (Phi) is 2.92. The number of aromatic amines is 1. The van der Waals surface area contributed by atoms with Crippen LogP contribution in [-0.2, 0) is 17.6 Å². The number of aromatic nitrogens is 4. The molecular formula is C17H19N5O2. The van der Waals surface area contributed by atoms with Crippen LogP contribution >= 0.6 is 0 Å². The minimum absolute atomic E-state index is 0.0296. The van der Waals surface area contributed by atoms with Gasteiger partial charge in [-0.1, -0.05) is 0 Å². The van der Waals surface area contributed by atoms with E-state index in [2.05, 4.69) is 20.4 Å². The minimum atomic E-state index is -0.0876. The molecule has 5 rings (SSSR count). The molecule has 2 aromatic rings. The summed E-state index contributed by atoms with van der Waals surface area (Å²) in [4.78, 5) is 31.9. The summed E-state index contributed by atoms with van der Waals surface area (Å²) in [6.45, 7) is 0. The lowest BCUT2D eigenvalue weighted by molar-refractivity contribution is -0.117. The van der Waals surface area contributed by atoms with Crippen molar-refractivity contribution < 1.29 is 4.79 Å². The summed E-state index contributed by atoms with van der Waals surface area (Å²) in [5, 5.41) is 7.57. The molecule has 0 unspecified atom stereocenters. The average molecular weight is 325 g/mol. The lowest BCUT2D eigenvalue weighted by Gasteiger charge is -2.08. The smallest absolute Gasteiger partial charge is 0.255 e. The standard InChI is InChI=1S/C17H19N5O2/c23-15(10-6-7-10)19-14-8-13(9-4-5-9)21-22(14)17-18-12-3-1-2-11(12)16(24)20-17/h8-10H,1-7H2,(H,19,23)(H,18,20,24). The third-order valence-corrected chi connectivity index (χ3v) is 5.05. The van der Waals surface area contributed by atoms with Gasteiger partial charge in [0.25, 0.3) is 5.56 Å². The molecule has 7 nitrogen and oxygen atoms in total. The van der Waals surface area contributed by atoms with Crippen LogP contribution < -0.4 is 10.9 Å². The van der Waals surface area contributed by atoms with Gasteiger partial charge in [-0.05, 0) is 44.9 Å². The molecule has 2 fully saturated rings. The summed E-state index contributed by atoms with van der Waals surface area (Å²) < 4.78 is 1.59. The van der Waals surface area contributed by atoms with Crippen molar-refractivity contribution in [2.24, 2.45) is 5.92 Å². The Hall–Kier alpha value is -2.44. The Labute approximate surface area is 138 Å². The van der Waals surface area contributed by atoms with Crippen molar-refractivity contribution in [3.05, 3.63) is 33.4 Å². The number of carbonyl (C=O) groups excluding carboxylic acids is 1. The van der Waals surface area contributed by atoms with Gasteiger partial charge in [-0.2, -0.15) is 9.78 Å². The fourth-order valence-electron chi connectivity index (χ4n) is 3.33. The lowest BCUT2D eigenvalue weighted by Crippen LogP contribution is -2.21. The lowest BCUT2D eigenvalue weighted by atomic mass is 10.3. The fraction of sp³-hybridized carbons (Fsp3) is 0.529. The molecule has 1 amide bonds. The molecule has 2 heterocycles. The van der Waals surface area contributed by atoms with Crippen molar-refractivity contribution >= 4 is 11.7 Å². The first-order chi connectivity index (χ1) is 11.7. The molecule has 0 spiro atoms. The monoisotopic (exact) mass is 325 g/mol. The number of carbonyl (C=O) groups is 1. The molecule has 0 saturated heterocycles. The van der Waals surface area contributed by atoms with E-state index < -0.39 is 0 Å². The number of nitrogens with one attached hydrogen (secondary N) is 2. The molecule has 24 heavy (non-hydrogen) atoms. The predicted molar refractivity (Wildman–Crippen MR) is 87.3 cm³/mol. The number of aryl methyl sites for hydroxylation is 1. The minimum Gasteiger partial charge on any atom is -0.310 e. The number of nitrogens with zero attached hydrogens (tertiary/aromatic N) is 3. The van der Waals surface area contributed by atoms with Crippen LogP contribution in [0.1, 0.15) is 55.0 Å². The van der Waals surface area contributed by atoms with E-state index in [4.69, 9.17) is 0 Å². The van der Waals surface area contributed by atoms with Gasteiger partial charge in [0, 0.05) is 23.5 Å². The number of amides is 1. The number of fused-ring (bicyclic) bond motifs is 1. The molecule has 3 aliphatic carbocycles. The highest BCUT2D eigenvalue weighted by Crippen LogP contribution is 2.40. The largest absolute Gasteiger partial charge is 0.310 e. The van der Waals surface area contributed by atoms with Gasteiger partial charge in [0.2, 0.25) is 11.9 Å². The number of hydrogen-bond donors (Lipinski definition) is 2. The Morgan fingerprint density at radius 3 is 2.83 bits per heavy atom. The molecule has 7 heteroatoms. The van der Waals surface area contributed by atoms with E-state index in [0.717, 1.165) is 61.9 Å². The molecular weight excluding hydrogens is 306 g/mol. The van der Waals surface area contributed by atoms with Gasteiger partial charge in [-0.3, -0.25) is 14.6 Å². The zero-order chi connectivity index (χ0) is 16.3. The normalized spacial score (nSPS) is 19.3. The second kappa shape index (κ2) is 5.03. The summed E-state index contributed by atoms with van der Waals surface area (Å²) in [5.74, 6) is 1.62. The van der Waals surface area contributed by atoms with Gasteiger partial charge in [-0.25, -0.2) is 4.98 Å². The third-order valence-electron chi connectivity index (χ3n) is 5.05. The second-order valence-electron chi connectivity index (χ2n) is 7.07. The number of hydrogen-bond acceptors (Lipinski definition) is 4. The van der Waals surface area contributed by atoms with E-state index in [1.807, 2.05) is 6.07 Å². The molecule has 2 N–H and O–H groups in total. The Balaban J connectivity index is 1.57. The molecule has 2 saturated carbocycles. The summed E-state index contributed by atoms with van der Waals surface area (Å²) in [5.41, 5.74) is 2.52. The summed E-state index contributed by atoms with van der Waals surface area (Å²) in [7, 11) is 0. The highest BCUT2D eigenvalue weighted by molar-refractivity contribution is 5.93. The molecule has 0 bridgehead atoms. The van der Waals surface area contributed by atoms with Gasteiger partial charge in [-0.15, -0.1) is 0 Å². The van der Waals surface area contributed by atoms with Crippen LogP contribution in [0.2, 0.25) is 0 Å². The first-order valence-electron chi connectivity index (χ1n) is 8.72. The van der Waals surface area contributed by atoms with E-state index >= 15 is 0 Å². The zero-order valence-corrected chi connectivity index (χ0v) is 13.3. The van der Waals surface area contributed by atoms with Gasteiger partial charge in [0.05, 0.1) is 11.4 Å². The van der Waals surface area contributed by atoms with Crippen molar-refractivity contribution in [2.45, 2.75) is 50.9 Å². The van der Waals surface area contributed by atoms with E-state index in [1.165, 1.54) is 0 Å². The summed E-state index contributed by atoms with van der Waals surface area (Å²) in [6.07, 6.45) is 6.73. The molecule has 0 aliphatic heterocycles. The van der Waals surface area contributed by atoms with Crippen molar-refractivity contribution in [3.8, 4) is 5.95 Å². The number of H-pyrrole nitrogens is 1. The molecule has 0 radical (unpaired) electrons. The highest BCUT2D eigenvalue weighted by atomic mass is 16.2. The molecule has 0 atom stereocenters. The maximum absolute atomic E-state index is 12.3. The maximum Gasteiger partial charge on any atom is 0.255 e. The highest BCUT2D eigenvalue weighted by Gasteiger charge is 2.32. The fourth-order valence-corrected chi connectivity index (χ4v) is 3.33. The van der Waals surface area contributed by atoms with Gasteiger partial charge < -0.3 is 5.32 Å². The number of rotatable bonds is 4. The van der Waals surface area contributed by atoms with E-state index in [-0.39, 0.29) is 17.4 Å². The second-order valence-corrected chi connectivity index (χ2v) is 7.07. The molecule has 124 valence electrons. The Morgan fingerprint density at radius 2 is 2.08 bits per heavy atom. The predicted octanol–water partition coefficient (Wildman–Crippen LogP) is 1.67. The Bertz CT molecular complexity index is 889. The molecule has 3 aliphatic rings. The quantitative estimate of drug-likeness (QED) is 0.894. The van der Waals surface area contributed by atoms with Crippen LogP contribution in [0.25, 0.3) is 5.95 Å². The van der Waals surface area contributed by atoms with Crippen LogP contribution in [0.3, 0.4) is 0 Å². The SMILES string of the molecule is O=C(Nc1cc(C2CC2)nn1-c1nc2c(c(=O)[nH]1)CCC2)C1CC1. The van der Waals surface area contributed by atoms with Crippen LogP contribution in [0.4, 0.5) is 5.82 Å². The van der Waals surface area contributed by atoms with E-state index in [1.54, 1.807) is 4.68 Å². The van der Waals surface area contributed by atoms with Crippen LogP contribution in [-0.4, -0.2) is 25.7 Å². The molecule has 0 aromatic carbocycles. The summed E-state index contributed by atoms with van der Waals surface area (Å²) >= 11 is 0. The third kappa shape index (κ3) is 2.35. The van der Waals surface area contributed by atoms with Gasteiger partial charge in [0.15, 0.2) is 0 Å². The van der Waals surface area contributed by atoms with Crippen molar-refractivity contribution in [1.82, 2.24) is 19.7 Å². The van der Waals surface area contributed by atoms with Crippen molar-refractivity contribution in [2.75, 3.05) is 5.32 Å². The first kappa shape index (κ1) is 13.9. The maximum atomic E-state index is 12.3. The van der Waals surface area contributed by atoms with Crippen molar-refractivity contribution in [3.63, 3.8) is 0 Å². The average Bonchev–Trinajstić information content (AvgIpc) is 3.49.